The SMILES string of the molecule is c1ccc2cc(-c3nc(-c4cccc5oc6cc7ccccc7cc6c45)nc(-n4c5ccccc5c5c6ccccc6ccc54)n3)ccc2c1. The van der Waals surface area contributed by atoms with Crippen LogP contribution in [0.15, 0.2) is 162 Å². The molecule has 0 unspecified atom stereocenters. The maximum Gasteiger partial charge on any atom is 0.238 e. The third-order valence-electron chi connectivity index (χ3n) is 10.00. The molecule has 11 aromatic rings. The Kier molecular flexibility index (Phi) is 5.60. The van der Waals surface area contributed by atoms with Crippen LogP contribution in [0, 0.1) is 0 Å². The molecule has 0 bridgehead atoms. The van der Waals surface area contributed by atoms with Crippen LogP contribution in [0.2, 0.25) is 0 Å². The normalized spacial score (nSPS) is 12.0. The number of rotatable bonds is 3. The van der Waals surface area contributed by atoms with Gasteiger partial charge in [-0.2, -0.15) is 9.97 Å². The Balaban J connectivity index is 1.24. The molecule has 0 amide bonds. The lowest BCUT2D eigenvalue weighted by Crippen LogP contribution is -2.06. The van der Waals surface area contributed by atoms with Gasteiger partial charge in [-0.05, 0) is 68.7 Å². The molecule has 11 rings (SSSR count). The van der Waals surface area contributed by atoms with Gasteiger partial charge in [0.1, 0.15) is 11.2 Å². The predicted octanol–water partition coefficient (Wildman–Crippen LogP) is 11.7. The summed E-state index contributed by atoms with van der Waals surface area (Å²) in [5, 5.41) is 11.4. The Labute approximate surface area is 285 Å². The molecule has 0 aliphatic heterocycles. The van der Waals surface area contributed by atoms with E-state index in [-0.39, 0.29) is 0 Å². The van der Waals surface area contributed by atoms with Gasteiger partial charge in [0.05, 0.1) is 11.0 Å². The second-order valence-corrected chi connectivity index (χ2v) is 12.9. The maximum absolute atomic E-state index is 6.47. The van der Waals surface area contributed by atoms with Crippen molar-refractivity contribution in [1.29, 1.82) is 0 Å². The van der Waals surface area contributed by atoms with Crippen molar-refractivity contribution in [2.45, 2.75) is 0 Å². The molecule has 0 aliphatic carbocycles. The van der Waals surface area contributed by atoms with E-state index in [0.717, 1.165) is 65.6 Å². The van der Waals surface area contributed by atoms with Gasteiger partial charge in [0, 0.05) is 32.7 Å². The standard InChI is InChI=1S/C45H26N4O/c1-2-12-29-24-32(21-20-27(29)10-1)43-46-44(35-17-9-19-39-42(35)36-25-30-13-3-4-14-31(30)26-40(36)50-39)48-45(47-43)49-37-18-8-7-16-34(37)41-33-15-6-5-11-28(33)22-23-38(41)49/h1-26H. The van der Waals surface area contributed by atoms with Crippen LogP contribution < -0.4 is 0 Å². The molecule has 0 radical (unpaired) electrons. The molecule has 0 saturated heterocycles. The van der Waals surface area contributed by atoms with Gasteiger partial charge in [-0.1, -0.05) is 121 Å². The highest BCUT2D eigenvalue weighted by atomic mass is 16.3. The molecule has 3 heterocycles. The minimum Gasteiger partial charge on any atom is -0.456 e. The van der Waals surface area contributed by atoms with Crippen molar-refractivity contribution in [3.8, 4) is 28.7 Å². The summed E-state index contributed by atoms with van der Waals surface area (Å²) in [6.07, 6.45) is 0. The molecular weight excluding hydrogens is 613 g/mol. The molecule has 50 heavy (non-hydrogen) atoms. The molecule has 0 N–H and O–H groups in total. The fourth-order valence-electron chi connectivity index (χ4n) is 7.70. The molecule has 5 nitrogen and oxygen atoms in total. The zero-order valence-corrected chi connectivity index (χ0v) is 26.7. The Morgan fingerprint density at radius 3 is 1.94 bits per heavy atom. The Hall–Kier alpha value is -6.85. The highest BCUT2D eigenvalue weighted by Crippen LogP contribution is 2.40. The van der Waals surface area contributed by atoms with E-state index >= 15 is 0 Å². The second-order valence-electron chi connectivity index (χ2n) is 12.9. The van der Waals surface area contributed by atoms with Crippen LogP contribution >= 0.6 is 0 Å². The summed E-state index contributed by atoms with van der Waals surface area (Å²) in [4.78, 5) is 15.8. The number of fused-ring (bicyclic) bond motifs is 10. The highest BCUT2D eigenvalue weighted by molar-refractivity contribution is 6.21. The zero-order valence-electron chi connectivity index (χ0n) is 26.7. The average Bonchev–Trinajstić information content (AvgIpc) is 3.72. The monoisotopic (exact) mass is 638 g/mol. The molecule has 232 valence electrons. The first-order valence-corrected chi connectivity index (χ1v) is 16.8. The molecule has 0 spiro atoms. The van der Waals surface area contributed by atoms with Crippen LogP contribution in [0.1, 0.15) is 0 Å². The third-order valence-corrected chi connectivity index (χ3v) is 10.00. The molecular formula is C45H26N4O. The summed E-state index contributed by atoms with van der Waals surface area (Å²) in [7, 11) is 0. The van der Waals surface area contributed by atoms with Crippen molar-refractivity contribution in [3.63, 3.8) is 0 Å². The summed E-state index contributed by atoms with van der Waals surface area (Å²) >= 11 is 0. The molecule has 0 saturated carbocycles. The van der Waals surface area contributed by atoms with E-state index in [9.17, 15) is 0 Å². The van der Waals surface area contributed by atoms with E-state index in [1.54, 1.807) is 0 Å². The lowest BCUT2D eigenvalue weighted by molar-refractivity contribution is 0.669. The van der Waals surface area contributed by atoms with E-state index in [1.807, 2.05) is 12.1 Å². The van der Waals surface area contributed by atoms with Gasteiger partial charge >= 0.3 is 0 Å². The number of furan rings is 1. The van der Waals surface area contributed by atoms with Gasteiger partial charge in [0.15, 0.2) is 11.6 Å². The average molecular weight is 639 g/mol. The number of benzene rings is 8. The Morgan fingerprint density at radius 2 is 1.08 bits per heavy atom. The quantitative estimate of drug-likeness (QED) is 0.193. The number of aromatic nitrogens is 4. The molecule has 8 aromatic carbocycles. The van der Waals surface area contributed by atoms with E-state index in [0.29, 0.717) is 17.6 Å². The summed E-state index contributed by atoms with van der Waals surface area (Å²) in [6.45, 7) is 0. The van der Waals surface area contributed by atoms with Gasteiger partial charge in [0.25, 0.3) is 0 Å². The first kappa shape index (κ1) is 27.1. The first-order valence-electron chi connectivity index (χ1n) is 16.8. The van der Waals surface area contributed by atoms with Crippen LogP contribution in [-0.2, 0) is 0 Å². The van der Waals surface area contributed by atoms with E-state index in [1.165, 1.54) is 21.5 Å². The van der Waals surface area contributed by atoms with Crippen molar-refractivity contribution in [3.05, 3.63) is 158 Å². The second kappa shape index (κ2) is 10.3. The fourth-order valence-corrected chi connectivity index (χ4v) is 7.70. The van der Waals surface area contributed by atoms with E-state index < -0.39 is 0 Å². The minimum absolute atomic E-state index is 0.565. The van der Waals surface area contributed by atoms with Crippen LogP contribution in [0.5, 0.6) is 0 Å². The number of nitrogens with zero attached hydrogens (tertiary/aromatic N) is 4. The van der Waals surface area contributed by atoms with Crippen LogP contribution in [0.25, 0.3) is 105 Å². The van der Waals surface area contributed by atoms with Crippen LogP contribution in [-0.4, -0.2) is 19.5 Å². The smallest absolute Gasteiger partial charge is 0.238 e. The van der Waals surface area contributed by atoms with Crippen LogP contribution in [0.4, 0.5) is 0 Å². The topological polar surface area (TPSA) is 56.7 Å². The van der Waals surface area contributed by atoms with Gasteiger partial charge in [-0.25, -0.2) is 4.98 Å². The van der Waals surface area contributed by atoms with Crippen molar-refractivity contribution < 1.29 is 4.42 Å². The Morgan fingerprint density at radius 1 is 0.400 bits per heavy atom. The summed E-state index contributed by atoms with van der Waals surface area (Å²) in [6, 6.07) is 55.1. The molecule has 5 heteroatoms. The summed E-state index contributed by atoms with van der Waals surface area (Å²) in [5.41, 5.74) is 5.54. The van der Waals surface area contributed by atoms with Crippen molar-refractivity contribution >= 4 is 76.1 Å². The molecule has 0 aliphatic rings. The first-order chi connectivity index (χ1) is 24.8. The predicted molar refractivity (Wildman–Crippen MR) is 205 cm³/mol. The molecule has 0 fully saturated rings. The van der Waals surface area contributed by atoms with E-state index in [2.05, 4.69) is 150 Å². The van der Waals surface area contributed by atoms with Gasteiger partial charge in [-0.15, -0.1) is 0 Å². The number of para-hydroxylation sites is 1. The lowest BCUT2D eigenvalue weighted by atomic mass is 10.0. The summed E-state index contributed by atoms with van der Waals surface area (Å²) < 4.78 is 8.66. The molecule has 3 aromatic heterocycles. The van der Waals surface area contributed by atoms with Crippen LogP contribution in [0.3, 0.4) is 0 Å². The van der Waals surface area contributed by atoms with Gasteiger partial charge in [-0.3, -0.25) is 4.57 Å². The molecule has 0 atom stereocenters. The lowest BCUT2D eigenvalue weighted by Gasteiger charge is -2.12. The zero-order chi connectivity index (χ0) is 32.8. The Bertz CT molecular complexity index is 3170. The third kappa shape index (κ3) is 3.98. The number of hydrogen-bond acceptors (Lipinski definition) is 4. The van der Waals surface area contributed by atoms with E-state index in [4.69, 9.17) is 19.4 Å². The van der Waals surface area contributed by atoms with Crippen molar-refractivity contribution in [1.82, 2.24) is 19.5 Å². The summed E-state index contributed by atoms with van der Waals surface area (Å²) in [5.74, 6) is 1.76. The van der Waals surface area contributed by atoms with Crippen molar-refractivity contribution in [2.24, 2.45) is 0 Å². The minimum atomic E-state index is 0.565. The largest absolute Gasteiger partial charge is 0.456 e. The number of hydrogen-bond donors (Lipinski definition) is 0. The maximum atomic E-state index is 6.47. The van der Waals surface area contributed by atoms with Gasteiger partial charge in [0.2, 0.25) is 5.95 Å². The fraction of sp³-hybridized carbons (Fsp3) is 0. The van der Waals surface area contributed by atoms with Crippen molar-refractivity contribution in [2.75, 3.05) is 0 Å². The van der Waals surface area contributed by atoms with Gasteiger partial charge < -0.3 is 4.42 Å². The highest BCUT2D eigenvalue weighted by Gasteiger charge is 2.21.